The molecule has 0 amide bonds. The van der Waals surface area contributed by atoms with Crippen LogP contribution in [0.1, 0.15) is 43.0 Å². The smallest absolute Gasteiger partial charge is 0.143 e. The summed E-state index contributed by atoms with van der Waals surface area (Å²) in [6.45, 7) is 4.94. The van der Waals surface area contributed by atoms with Crippen LogP contribution < -0.4 is 10.1 Å². The highest BCUT2D eigenvalue weighted by Gasteiger charge is 2.37. The number of aromatic nitrogens is 3. The van der Waals surface area contributed by atoms with Crippen LogP contribution in [0.3, 0.4) is 0 Å². The summed E-state index contributed by atoms with van der Waals surface area (Å²) in [7, 11) is 0. The Kier molecular flexibility index (Phi) is 4.57. The van der Waals surface area contributed by atoms with Crippen molar-refractivity contribution in [2.24, 2.45) is 0 Å². The number of benzene rings is 1. The van der Waals surface area contributed by atoms with Crippen LogP contribution >= 0.6 is 0 Å². The molecule has 2 aromatic heterocycles. The van der Waals surface area contributed by atoms with Gasteiger partial charge < -0.3 is 19.8 Å². The predicted molar refractivity (Wildman–Crippen MR) is 115 cm³/mol. The summed E-state index contributed by atoms with van der Waals surface area (Å²) in [4.78, 5) is 14.9. The van der Waals surface area contributed by atoms with Gasteiger partial charge in [0.05, 0.1) is 30.2 Å². The number of hydrogen-bond acceptors (Lipinski definition) is 6. The number of nitrogens with zero attached hydrogens (tertiary/aromatic N) is 3. The molecule has 1 saturated carbocycles. The van der Waals surface area contributed by atoms with Gasteiger partial charge in [0.1, 0.15) is 36.0 Å². The highest BCUT2D eigenvalue weighted by molar-refractivity contribution is 5.88. The molecular formula is C23H26FN5O2. The van der Waals surface area contributed by atoms with Crippen LogP contribution in [0.2, 0.25) is 0 Å². The molecule has 0 bridgehead atoms. The molecule has 6 rings (SSSR count). The topological polar surface area (TPSA) is 75.3 Å². The molecule has 3 aromatic rings. The molecule has 162 valence electrons. The van der Waals surface area contributed by atoms with E-state index in [-0.39, 0.29) is 24.0 Å². The molecule has 0 spiro atoms. The van der Waals surface area contributed by atoms with Crippen molar-refractivity contribution < 1.29 is 13.9 Å². The van der Waals surface area contributed by atoms with Gasteiger partial charge in [0.25, 0.3) is 0 Å². The highest BCUT2D eigenvalue weighted by atomic mass is 19.1. The van der Waals surface area contributed by atoms with E-state index in [0.717, 1.165) is 35.5 Å². The summed E-state index contributed by atoms with van der Waals surface area (Å²) in [5.74, 6) is 1.70. The van der Waals surface area contributed by atoms with E-state index in [1.807, 2.05) is 6.07 Å². The maximum Gasteiger partial charge on any atom is 0.143 e. The minimum absolute atomic E-state index is 0.0798. The van der Waals surface area contributed by atoms with E-state index in [9.17, 15) is 4.39 Å². The lowest BCUT2D eigenvalue weighted by atomic mass is 9.94. The van der Waals surface area contributed by atoms with E-state index in [2.05, 4.69) is 38.2 Å². The van der Waals surface area contributed by atoms with E-state index in [1.54, 1.807) is 6.33 Å². The Balaban J connectivity index is 1.39. The quantitative estimate of drug-likeness (QED) is 0.668. The third-order valence-corrected chi connectivity index (χ3v) is 6.60. The number of rotatable bonds is 4. The first-order valence-electron chi connectivity index (χ1n) is 11.0. The second-order valence-corrected chi connectivity index (χ2v) is 8.84. The maximum absolute atomic E-state index is 13.9. The van der Waals surface area contributed by atoms with Crippen molar-refractivity contribution in [2.75, 3.05) is 31.6 Å². The SMILES string of the molecule is C[C@@H]1CN([C@H]2COc3cc(F)ccc3[C@@H]2Nc2ncnc3[nH]c(C4CC4)cc23)CCO1. The Morgan fingerprint density at radius 1 is 1.23 bits per heavy atom. The third-order valence-electron chi connectivity index (χ3n) is 6.60. The van der Waals surface area contributed by atoms with Crippen molar-refractivity contribution >= 4 is 16.9 Å². The fourth-order valence-corrected chi connectivity index (χ4v) is 4.84. The minimum Gasteiger partial charge on any atom is -0.491 e. The van der Waals surface area contributed by atoms with Crippen LogP contribution in [0.15, 0.2) is 30.6 Å². The zero-order chi connectivity index (χ0) is 20.9. The lowest BCUT2D eigenvalue weighted by Crippen LogP contribution is -2.54. The van der Waals surface area contributed by atoms with Crippen molar-refractivity contribution in [1.29, 1.82) is 0 Å². The molecule has 1 aromatic carbocycles. The lowest BCUT2D eigenvalue weighted by molar-refractivity contribution is -0.0465. The second kappa shape index (κ2) is 7.46. The Morgan fingerprint density at radius 2 is 2.13 bits per heavy atom. The normalized spacial score (nSPS) is 26.5. The van der Waals surface area contributed by atoms with Gasteiger partial charge in [-0.05, 0) is 37.8 Å². The minimum atomic E-state index is -0.292. The van der Waals surface area contributed by atoms with Gasteiger partial charge in [-0.15, -0.1) is 0 Å². The van der Waals surface area contributed by atoms with Gasteiger partial charge in [-0.2, -0.15) is 0 Å². The first-order chi connectivity index (χ1) is 15.2. The van der Waals surface area contributed by atoms with Gasteiger partial charge in [-0.3, -0.25) is 4.90 Å². The Labute approximate surface area is 180 Å². The maximum atomic E-state index is 13.9. The third kappa shape index (κ3) is 3.53. The number of anilines is 1. The standard InChI is InChI=1S/C23H26FN5O2/c1-13-10-29(6-7-30-13)19-11-31-20-8-15(24)4-5-16(20)21(19)28-23-17-9-18(14-2-3-14)27-22(17)25-12-26-23/h4-5,8-9,12-14,19,21H,2-3,6-7,10-11H2,1H3,(H2,25,26,27,28)/t13-,19+,21+/m1/s1. The zero-order valence-corrected chi connectivity index (χ0v) is 17.5. The molecule has 1 saturated heterocycles. The van der Waals surface area contributed by atoms with Crippen LogP contribution in [-0.2, 0) is 4.74 Å². The Bertz CT molecular complexity index is 1110. The van der Waals surface area contributed by atoms with Crippen LogP contribution in [-0.4, -0.2) is 58.3 Å². The molecule has 3 atom stereocenters. The van der Waals surface area contributed by atoms with Gasteiger partial charge in [0.15, 0.2) is 0 Å². The summed E-state index contributed by atoms with van der Waals surface area (Å²) < 4.78 is 25.6. The van der Waals surface area contributed by atoms with Crippen LogP contribution in [0, 0.1) is 5.82 Å². The fraction of sp³-hybridized carbons (Fsp3) is 0.478. The summed E-state index contributed by atoms with van der Waals surface area (Å²) in [5.41, 5.74) is 3.02. The molecule has 4 heterocycles. The van der Waals surface area contributed by atoms with Gasteiger partial charge in [0.2, 0.25) is 0 Å². The molecule has 1 aliphatic carbocycles. The number of H-pyrrole nitrogens is 1. The van der Waals surface area contributed by atoms with Gasteiger partial charge in [-0.1, -0.05) is 6.07 Å². The Hall–Kier alpha value is -2.71. The molecule has 0 radical (unpaired) electrons. The zero-order valence-electron chi connectivity index (χ0n) is 17.5. The van der Waals surface area contributed by atoms with Gasteiger partial charge in [0, 0.05) is 30.4 Å². The second-order valence-electron chi connectivity index (χ2n) is 8.84. The van der Waals surface area contributed by atoms with Crippen molar-refractivity contribution in [3.63, 3.8) is 0 Å². The van der Waals surface area contributed by atoms with E-state index < -0.39 is 0 Å². The molecule has 2 fully saturated rings. The van der Waals surface area contributed by atoms with E-state index >= 15 is 0 Å². The molecule has 8 heteroatoms. The largest absolute Gasteiger partial charge is 0.491 e. The number of ether oxygens (including phenoxy) is 2. The van der Waals surface area contributed by atoms with Crippen LogP contribution in [0.4, 0.5) is 10.2 Å². The van der Waals surface area contributed by atoms with E-state index in [4.69, 9.17) is 9.47 Å². The molecule has 2 N–H and O–H groups in total. The van der Waals surface area contributed by atoms with Crippen LogP contribution in [0.5, 0.6) is 5.75 Å². The number of aromatic amines is 1. The lowest BCUT2D eigenvalue weighted by Gasteiger charge is -2.43. The summed E-state index contributed by atoms with van der Waals surface area (Å²) in [6, 6.07) is 6.95. The number of fused-ring (bicyclic) bond motifs is 2. The van der Waals surface area contributed by atoms with E-state index in [0.29, 0.717) is 24.9 Å². The molecular weight excluding hydrogens is 397 g/mol. The number of hydrogen-bond donors (Lipinski definition) is 2. The molecule has 0 unspecified atom stereocenters. The van der Waals surface area contributed by atoms with Gasteiger partial charge >= 0.3 is 0 Å². The van der Waals surface area contributed by atoms with Crippen molar-refractivity contribution in [2.45, 2.75) is 43.9 Å². The predicted octanol–water partition coefficient (Wildman–Crippen LogP) is 3.61. The molecule has 7 nitrogen and oxygen atoms in total. The average Bonchev–Trinajstić information content (AvgIpc) is 3.52. The van der Waals surface area contributed by atoms with Gasteiger partial charge in [-0.25, -0.2) is 14.4 Å². The first kappa shape index (κ1) is 19.0. The summed E-state index contributed by atoms with van der Waals surface area (Å²) in [6.07, 6.45) is 4.20. The monoisotopic (exact) mass is 423 g/mol. The summed E-state index contributed by atoms with van der Waals surface area (Å²) in [5, 5.41) is 4.67. The van der Waals surface area contributed by atoms with Crippen LogP contribution in [0.25, 0.3) is 11.0 Å². The average molecular weight is 423 g/mol. The molecule has 31 heavy (non-hydrogen) atoms. The van der Waals surface area contributed by atoms with Crippen molar-refractivity contribution in [3.8, 4) is 5.75 Å². The fourth-order valence-electron chi connectivity index (χ4n) is 4.84. The molecule has 3 aliphatic rings. The number of nitrogens with one attached hydrogen (secondary N) is 2. The molecule has 2 aliphatic heterocycles. The summed E-state index contributed by atoms with van der Waals surface area (Å²) >= 11 is 0. The first-order valence-corrected chi connectivity index (χ1v) is 11.0. The van der Waals surface area contributed by atoms with Crippen molar-refractivity contribution in [1.82, 2.24) is 19.9 Å². The van der Waals surface area contributed by atoms with Crippen molar-refractivity contribution in [3.05, 3.63) is 47.7 Å². The number of halogens is 1. The van der Waals surface area contributed by atoms with E-state index in [1.165, 1.54) is 30.7 Å². The number of morpholine rings is 1. The Morgan fingerprint density at radius 3 is 2.97 bits per heavy atom. The highest BCUT2D eigenvalue weighted by Crippen LogP contribution is 2.42.